The van der Waals surface area contributed by atoms with Gasteiger partial charge in [0.05, 0.1) is 6.10 Å². The van der Waals surface area contributed by atoms with Crippen molar-refractivity contribution in [1.29, 1.82) is 0 Å². The minimum absolute atomic E-state index is 0.00955. The summed E-state index contributed by atoms with van der Waals surface area (Å²) in [5.74, 6) is 0.659. The highest BCUT2D eigenvalue weighted by Crippen LogP contribution is 2.41. The molecular weight excluding hydrogens is 286 g/mol. The molecule has 1 aliphatic carbocycles. The molecule has 0 aromatic heterocycles. The van der Waals surface area contributed by atoms with E-state index in [9.17, 15) is 4.79 Å². The molecule has 1 aromatic carbocycles. The molecule has 4 atom stereocenters. The summed E-state index contributed by atoms with van der Waals surface area (Å²) in [5.41, 5.74) is 1.29. The smallest absolute Gasteiger partial charge is 0.323 e. The average molecular weight is 315 g/mol. The zero-order chi connectivity index (χ0) is 16.2. The quantitative estimate of drug-likeness (QED) is 0.764. The molecule has 1 heterocycles. The fourth-order valence-electron chi connectivity index (χ4n) is 4.17. The Hall–Kier alpha value is -1.35. The van der Waals surface area contributed by atoms with Crippen molar-refractivity contribution in [3.63, 3.8) is 0 Å². The highest BCUT2D eigenvalue weighted by Gasteiger charge is 2.45. The van der Waals surface area contributed by atoms with Gasteiger partial charge in [-0.3, -0.25) is 9.69 Å². The van der Waals surface area contributed by atoms with Crippen LogP contribution in [0, 0.1) is 5.92 Å². The van der Waals surface area contributed by atoms with Gasteiger partial charge in [-0.2, -0.15) is 0 Å². The number of benzene rings is 1. The number of nitrogens with zero attached hydrogens (tertiary/aromatic N) is 1. The third-order valence-electron chi connectivity index (χ3n) is 5.59. The van der Waals surface area contributed by atoms with Gasteiger partial charge < -0.3 is 4.74 Å². The van der Waals surface area contributed by atoms with Crippen LogP contribution >= 0.6 is 0 Å². The van der Waals surface area contributed by atoms with Crippen molar-refractivity contribution < 1.29 is 9.53 Å². The predicted molar refractivity (Wildman–Crippen MR) is 92.0 cm³/mol. The number of rotatable bonds is 5. The average Bonchev–Trinajstić information content (AvgIpc) is 2.94. The zero-order valence-corrected chi connectivity index (χ0v) is 14.4. The number of hydrogen-bond acceptors (Lipinski definition) is 3. The fourth-order valence-corrected chi connectivity index (χ4v) is 4.17. The van der Waals surface area contributed by atoms with Gasteiger partial charge in [-0.15, -0.1) is 0 Å². The topological polar surface area (TPSA) is 29.5 Å². The van der Waals surface area contributed by atoms with Gasteiger partial charge in [0, 0.05) is 12.6 Å². The Kier molecular flexibility index (Phi) is 5.37. The van der Waals surface area contributed by atoms with Crippen LogP contribution in [-0.2, 0) is 16.1 Å². The van der Waals surface area contributed by atoms with Crippen molar-refractivity contribution in [2.45, 2.75) is 77.1 Å². The third-order valence-corrected chi connectivity index (χ3v) is 5.59. The summed E-state index contributed by atoms with van der Waals surface area (Å²) in [7, 11) is 0. The summed E-state index contributed by atoms with van der Waals surface area (Å²) in [6, 6.07) is 11.0. The van der Waals surface area contributed by atoms with Crippen LogP contribution in [0.4, 0.5) is 0 Å². The molecule has 3 nitrogen and oxygen atoms in total. The Morgan fingerprint density at radius 3 is 2.74 bits per heavy atom. The van der Waals surface area contributed by atoms with Gasteiger partial charge in [0.2, 0.25) is 0 Å². The van der Waals surface area contributed by atoms with E-state index in [1.165, 1.54) is 31.2 Å². The fraction of sp³-hybridized carbons (Fsp3) is 0.650. The van der Waals surface area contributed by atoms with Crippen LogP contribution in [0.5, 0.6) is 0 Å². The van der Waals surface area contributed by atoms with Crippen molar-refractivity contribution in [1.82, 2.24) is 4.90 Å². The van der Waals surface area contributed by atoms with E-state index in [0.717, 1.165) is 19.4 Å². The number of ether oxygens (including phenoxy) is 1. The van der Waals surface area contributed by atoms with E-state index in [1.807, 2.05) is 13.0 Å². The van der Waals surface area contributed by atoms with E-state index < -0.39 is 0 Å². The summed E-state index contributed by atoms with van der Waals surface area (Å²) in [4.78, 5) is 15.1. The Bertz CT molecular complexity index is 516. The monoisotopic (exact) mass is 315 g/mol. The molecule has 0 amide bonds. The van der Waals surface area contributed by atoms with Crippen molar-refractivity contribution in [3.05, 3.63) is 35.9 Å². The summed E-state index contributed by atoms with van der Waals surface area (Å²) in [5, 5.41) is 0. The van der Waals surface area contributed by atoms with Gasteiger partial charge >= 0.3 is 5.97 Å². The van der Waals surface area contributed by atoms with Crippen molar-refractivity contribution in [2.24, 2.45) is 5.92 Å². The first-order chi connectivity index (χ1) is 11.2. The number of carbonyl (C=O) groups excluding carboxylic acids is 1. The van der Waals surface area contributed by atoms with E-state index in [0.29, 0.717) is 12.0 Å². The zero-order valence-electron chi connectivity index (χ0n) is 14.4. The lowest BCUT2D eigenvalue weighted by Gasteiger charge is -2.33. The van der Waals surface area contributed by atoms with Gasteiger partial charge in [-0.1, -0.05) is 50.1 Å². The standard InChI is InChI=1S/C20H29NO2/c1-3-15(2)23-20(22)19-13-17-11-7-8-12-18(17)21(19)14-16-9-5-4-6-10-16/h4-6,9-10,15,17-19H,3,7-8,11-14H2,1-2H3. The molecule has 2 aliphatic rings. The Balaban J connectivity index is 1.76. The Morgan fingerprint density at radius 1 is 1.26 bits per heavy atom. The molecule has 126 valence electrons. The first kappa shape index (κ1) is 16.5. The maximum Gasteiger partial charge on any atom is 0.323 e. The van der Waals surface area contributed by atoms with Crippen LogP contribution in [0.1, 0.15) is 57.9 Å². The molecule has 0 spiro atoms. The maximum absolute atomic E-state index is 12.7. The summed E-state index contributed by atoms with van der Waals surface area (Å²) >= 11 is 0. The maximum atomic E-state index is 12.7. The van der Waals surface area contributed by atoms with Crippen LogP contribution in [-0.4, -0.2) is 29.1 Å². The molecular formula is C20H29NO2. The van der Waals surface area contributed by atoms with Gasteiger partial charge in [0.25, 0.3) is 0 Å². The number of carbonyl (C=O) groups is 1. The Labute approximate surface area is 140 Å². The Morgan fingerprint density at radius 2 is 2.00 bits per heavy atom. The largest absolute Gasteiger partial charge is 0.462 e. The van der Waals surface area contributed by atoms with Crippen LogP contribution < -0.4 is 0 Å². The second-order valence-corrected chi connectivity index (χ2v) is 7.18. The van der Waals surface area contributed by atoms with Crippen LogP contribution in [0.3, 0.4) is 0 Å². The number of esters is 1. The first-order valence-corrected chi connectivity index (χ1v) is 9.19. The van der Waals surface area contributed by atoms with Gasteiger partial charge in [0.15, 0.2) is 0 Å². The van der Waals surface area contributed by atoms with E-state index in [4.69, 9.17) is 4.74 Å². The van der Waals surface area contributed by atoms with Gasteiger partial charge in [-0.05, 0) is 44.1 Å². The lowest BCUT2D eigenvalue weighted by Crippen LogP contribution is -2.43. The van der Waals surface area contributed by atoms with Crippen LogP contribution in [0.15, 0.2) is 30.3 Å². The molecule has 1 saturated carbocycles. The van der Waals surface area contributed by atoms with Gasteiger partial charge in [-0.25, -0.2) is 0 Å². The normalized spacial score (nSPS) is 29.0. The second-order valence-electron chi connectivity index (χ2n) is 7.18. The molecule has 4 unspecified atom stereocenters. The second kappa shape index (κ2) is 7.48. The van der Waals surface area contributed by atoms with E-state index in [1.54, 1.807) is 0 Å². The number of likely N-dealkylation sites (tertiary alicyclic amines) is 1. The molecule has 0 N–H and O–H groups in total. The molecule has 23 heavy (non-hydrogen) atoms. The SMILES string of the molecule is CCC(C)OC(=O)C1CC2CCCCC2N1Cc1ccccc1. The summed E-state index contributed by atoms with van der Waals surface area (Å²) < 4.78 is 5.68. The van der Waals surface area contributed by atoms with Crippen LogP contribution in [0.25, 0.3) is 0 Å². The molecule has 2 fully saturated rings. The summed E-state index contributed by atoms with van der Waals surface area (Å²) in [6.07, 6.45) is 6.97. The molecule has 1 aromatic rings. The van der Waals surface area contributed by atoms with Crippen molar-refractivity contribution in [2.75, 3.05) is 0 Å². The lowest BCUT2D eigenvalue weighted by atomic mass is 9.84. The number of hydrogen-bond donors (Lipinski definition) is 0. The lowest BCUT2D eigenvalue weighted by molar-refractivity contribution is -0.154. The molecule has 3 rings (SSSR count). The predicted octanol–water partition coefficient (Wildman–Crippen LogP) is 4.16. The van der Waals surface area contributed by atoms with Gasteiger partial charge in [0.1, 0.15) is 6.04 Å². The minimum Gasteiger partial charge on any atom is -0.462 e. The van der Waals surface area contributed by atoms with E-state index >= 15 is 0 Å². The molecule has 0 radical (unpaired) electrons. The highest BCUT2D eigenvalue weighted by atomic mass is 16.5. The van der Waals surface area contributed by atoms with E-state index in [2.05, 4.69) is 36.1 Å². The molecule has 3 heteroatoms. The first-order valence-electron chi connectivity index (χ1n) is 9.19. The van der Waals surface area contributed by atoms with Crippen molar-refractivity contribution >= 4 is 5.97 Å². The minimum atomic E-state index is -0.0580. The molecule has 1 saturated heterocycles. The van der Waals surface area contributed by atoms with Crippen molar-refractivity contribution in [3.8, 4) is 0 Å². The number of fused-ring (bicyclic) bond motifs is 1. The van der Waals surface area contributed by atoms with Crippen LogP contribution in [0.2, 0.25) is 0 Å². The molecule has 1 aliphatic heterocycles. The molecule has 0 bridgehead atoms. The summed E-state index contributed by atoms with van der Waals surface area (Å²) in [6.45, 7) is 4.91. The third kappa shape index (κ3) is 3.77. The highest BCUT2D eigenvalue weighted by molar-refractivity contribution is 5.76. The van der Waals surface area contributed by atoms with E-state index in [-0.39, 0.29) is 18.1 Å².